The highest BCUT2D eigenvalue weighted by atomic mass is 16.5. The van der Waals surface area contributed by atoms with Crippen molar-refractivity contribution < 1.29 is 24.2 Å². The zero-order valence-corrected chi connectivity index (χ0v) is 11.1. The number of hydrogen-bond acceptors (Lipinski definition) is 4. The molecule has 0 saturated heterocycles. The van der Waals surface area contributed by atoms with E-state index in [1.807, 2.05) is 6.92 Å². The Bertz CT molecular complexity index is 472. The summed E-state index contributed by atoms with van der Waals surface area (Å²) in [6.45, 7) is 3.61. The second kappa shape index (κ2) is 6.63. The maximum Gasteiger partial charge on any atom is 0.315 e. The van der Waals surface area contributed by atoms with Crippen molar-refractivity contribution in [2.75, 3.05) is 19.0 Å². The number of aliphatic carboxylic acids is 1. The van der Waals surface area contributed by atoms with Crippen molar-refractivity contribution in [1.29, 1.82) is 0 Å². The number of carbonyl (C=O) groups excluding carboxylic acids is 1. The summed E-state index contributed by atoms with van der Waals surface area (Å²) in [6.07, 6.45) is 0. The van der Waals surface area contributed by atoms with Crippen LogP contribution in [0.2, 0.25) is 0 Å². The SMILES string of the molecule is CCOc1cc(NC(=O)C(C)C(=O)O)ccc1OC. The fourth-order valence-electron chi connectivity index (χ4n) is 1.39. The molecule has 0 saturated carbocycles. The summed E-state index contributed by atoms with van der Waals surface area (Å²) in [6, 6.07) is 4.86. The minimum absolute atomic E-state index is 0.458. The quantitative estimate of drug-likeness (QED) is 0.767. The number of anilines is 1. The number of ether oxygens (including phenoxy) is 2. The first kappa shape index (κ1) is 14.8. The van der Waals surface area contributed by atoms with Gasteiger partial charge in [0.25, 0.3) is 0 Å². The number of nitrogens with one attached hydrogen (secondary N) is 1. The van der Waals surface area contributed by atoms with Crippen LogP contribution in [0, 0.1) is 5.92 Å². The van der Waals surface area contributed by atoms with Gasteiger partial charge in [0.1, 0.15) is 5.92 Å². The molecule has 1 atom stereocenters. The number of carboxylic acid groups (broad SMARTS) is 1. The first-order valence-corrected chi connectivity index (χ1v) is 5.84. The Morgan fingerprint density at radius 1 is 1.37 bits per heavy atom. The van der Waals surface area contributed by atoms with Crippen molar-refractivity contribution in [2.24, 2.45) is 5.92 Å². The number of rotatable bonds is 6. The third kappa shape index (κ3) is 3.87. The van der Waals surface area contributed by atoms with E-state index in [0.717, 1.165) is 0 Å². The summed E-state index contributed by atoms with van der Waals surface area (Å²) in [5.74, 6) is -1.83. The average molecular weight is 267 g/mol. The Labute approximate surface area is 111 Å². The third-order valence-corrected chi connectivity index (χ3v) is 2.49. The molecule has 1 unspecified atom stereocenters. The molecule has 0 aromatic heterocycles. The molecule has 104 valence electrons. The number of carboxylic acids is 1. The average Bonchev–Trinajstić information content (AvgIpc) is 2.38. The predicted molar refractivity (Wildman–Crippen MR) is 69.6 cm³/mol. The number of benzene rings is 1. The molecule has 19 heavy (non-hydrogen) atoms. The molecule has 0 bridgehead atoms. The fourth-order valence-corrected chi connectivity index (χ4v) is 1.39. The van der Waals surface area contributed by atoms with Gasteiger partial charge in [0, 0.05) is 11.8 Å². The molecular formula is C13H17NO5. The Balaban J connectivity index is 2.87. The van der Waals surface area contributed by atoms with Gasteiger partial charge in [-0.1, -0.05) is 0 Å². The Morgan fingerprint density at radius 2 is 2.05 bits per heavy atom. The fraction of sp³-hybridized carbons (Fsp3) is 0.385. The van der Waals surface area contributed by atoms with Gasteiger partial charge >= 0.3 is 5.97 Å². The smallest absolute Gasteiger partial charge is 0.315 e. The van der Waals surface area contributed by atoms with Gasteiger partial charge in [-0.2, -0.15) is 0 Å². The standard InChI is InChI=1S/C13H17NO5/c1-4-19-11-7-9(5-6-10(11)18-3)14-12(15)8(2)13(16)17/h5-8H,4H2,1-3H3,(H,14,15)(H,16,17). The maximum atomic E-state index is 11.6. The Morgan fingerprint density at radius 3 is 2.58 bits per heavy atom. The van der Waals surface area contributed by atoms with Crippen molar-refractivity contribution in [1.82, 2.24) is 0 Å². The molecule has 1 aromatic rings. The lowest BCUT2D eigenvalue weighted by Crippen LogP contribution is -2.26. The van der Waals surface area contributed by atoms with Crippen molar-refractivity contribution in [3.05, 3.63) is 18.2 Å². The minimum atomic E-state index is -1.17. The van der Waals surface area contributed by atoms with E-state index >= 15 is 0 Å². The first-order valence-electron chi connectivity index (χ1n) is 5.84. The lowest BCUT2D eigenvalue weighted by Gasteiger charge is -2.12. The second-order valence-electron chi connectivity index (χ2n) is 3.85. The highest BCUT2D eigenvalue weighted by molar-refractivity contribution is 6.03. The van der Waals surface area contributed by atoms with Gasteiger partial charge in [0.2, 0.25) is 5.91 Å². The number of methoxy groups -OCH3 is 1. The van der Waals surface area contributed by atoms with Gasteiger partial charge < -0.3 is 19.9 Å². The molecule has 0 fully saturated rings. The zero-order valence-electron chi connectivity index (χ0n) is 11.1. The number of hydrogen-bond donors (Lipinski definition) is 2. The summed E-state index contributed by atoms with van der Waals surface area (Å²) < 4.78 is 10.5. The molecular weight excluding hydrogens is 250 g/mol. The molecule has 6 nitrogen and oxygen atoms in total. The van der Waals surface area contributed by atoms with E-state index in [-0.39, 0.29) is 0 Å². The molecule has 0 aliphatic carbocycles. The molecule has 1 rings (SSSR count). The Kier molecular flexibility index (Phi) is 5.17. The summed E-state index contributed by atoms with van der Waals surface area (Å²) in [5.41, 5.74) is 0.461. The summed E-state index contributed by atoms with van der Waals surface area (Å²) >= 11 is 0. The van der Waals surface area contributed by atoms with E-state index in [1.54, 1.807) is 18.2 Å². The maximum absolute atomic E-state index is 11.6. The topological polar surface area (TPSA) is 84.9 Å². The van der Waals surface area contributed by atoms with E-state index in [0.29, 0.717) is 23.8 Å². The molecule has 2 N–H and O–H groups in total. The summed E-state index contributed by atoms with van der Waals surface area (Å²) in [7, 11) is 1.52. The van der Waals surface area contributed by atoms with Crippen LogP contribution in [0.3, 0.4) is 0 Å². The second-order valence-corrected chi connectivity index (χ2v) is 3.85. The van der Waals surface area contributed by atoms with Crippen LogP contribution in [0.25, 0.3) is 0 Å². The van der Waals surface area contributed by atoms with Crippen molar-refractivity contribution in [3.63, 3.8) is 0 Å². The van der Waals surface area contributed by atoms with Crippen LogP contribution in [0.5, 0.6) is 11.5 Å². The highest BCUT2D eigenvalue weighted by Gasteiger charge is 2.20. The molecule has 0 radical (unpaired) electrons. The predicted octanol–water partition coefficient (Wildman–Crippen LogP) is 1.75. The van der Waals surface area contributed by atoms with E-state index in [1.165, 1.54) is 14.0 Å². The van der Waals surface area contributed by atoms with E-state index < -0.39 is 17.8 Å². The first-order chi connectivity index (χ1) is 8.99. The van der Waals surface area contributed by atoms with Gasteiger partial charge in [-0.05, 0) is 26.0 Å². The normalized spacial score (nSPS) is 11.5. The lowest BCUT2D eigenvalue weighted by atomic mass is 10.1. The minimum Gasteiger partial charge on any atom is -0.493 e. The highest BCUT2D eigenvalue weighted by Crippen LogP contribution is 2.30. The van der Waals surface area contributed by atoms with E-state index in [4.69, 9.17) is 14.6 Å². The molecule has 0 aliphatic heterocycles. The van der Waals surface area contributed by atoms with Gasteiger partial charge in [-0.3, -0.25) is 9.59 Å². The van der Waals surface area contributed by atoms with Gasteiger partial charge in [0.05, 0.1) is 13.7 Å². The van der Waals surface area contributed by atoms with Crippen molar-refractivity contribution >= 4 is 17.6 Å². The van der Waals surface area contributed by atoms with Crippen LogP contribution in [-0.2, 0) is 9.59 Å². The molecule has 1 aromatic carbocycles. The van der Waals surface area contributed by atoms with Crippen LogP contribution in [0.1, 0.15) is 13.8 Å². The van der Waals surface area contributed by atoms with E-state index in [9.17, 15) is 9.59 Å². The summed E-state index contributed by atoms with van der Waals surface area (Å²) in [5, 5.41) is 11.3. The largest absolute Gasteiger partial charge is 0.493 e. The van der Waals surface area contributed by atoms with Gasteiger partial charge in [-0.15, -0.1) is 0 Å². The molecule has 6 heteroatoms. The summed E-state index contributed by atoms with van der Waals surface area (Å²) in [4.78, 5) is 22.3. The van der Waals surface area contributed by atoms with E-state index in [2.05, 4.69) is 5.32 Å². The number of carbonyl (C=O) groups is 2. The Hall–Kier alpha value is -2.24. The lowest BCUT2D eigenvalue weighted by molar-refractivity contribution is -0.144. The van der Waals surface area contributed by atoms with Crippen LogP contribution < -0.4 is 14.8 Å². The van der Waals surface area contributed by atoms with Crippen LogP contribution in [-0.4, -0.2) is 30.7 Å². The molecule has 0 spiro atoms. The molecule has 0 aliphatic rings. The van der Waals surface area contributed by atoms with Crippen LogP contribution in [0.15, 0.2) is 18.2 Å². The monoisotopic (exact) mass is 267 g/mol. The van der Waals surface area contributed by atoms with Crippen molar-refractivity contribution in [3.8, 4) is 11.5 Å². The van der Waals surface area contributed by atoms with Crippen molar-refractivity contribution in [2.45, 2.75) is 13.8 Å². The van der Waals surface area contributed by atoms with Crippen LogP contribution in [0.4, 0.5) is 5.69 Å². The zero-order chi connectivity index (χ0) is 14.4. The van der Waals surface area contributed by atoms with Crippen LogP contribution >= 0.6 is 0 Å². The van der Waals surface area contributed by atoms with Gasteiger partial charge in [-0.25, -0.2) is 0 Å². The van der Waals surface area contributed by atoms with Gasteiger partial charge in [0.15, 0.2) is 11.5 Å². The molecule has 0 heterocycles. The number of amides is 1. The third-order valence-electron chi connectivity index (χ3n) is 2.49. The molecule has 1 amide bonds.